The van der Waals surface area contributed by atoms with Crippen molar-refractivity contribution in [3.05, 3.63) is 17.0 Å². The number of amides is 1. The third kappa shape index (κ3) is 3.78. The number of rotatable bonds is 4. The van der Waals surface area contributed by atoms with E-state index in [0.29, 0.717) is 21.6 Å². The molecule has 3 N–H and O–H groups in total. The summed E-state index contributed by atoms with van der Waals surface area (Å²) >= 11 is 0. The highest BCUT2D eigenvalue weighted by atomic mass is 19.3. The van der Waals surface area contributed by atoms with Gasteiger partial charge in [-0.3, -0.25) is 4.79 Å². The van der Waals surface area contributed by atoms with Gasteiger partial charge in [0.15, 0.2) is 0 Å². The Bertz CT molecular complexity index is 507. The van der Waals surface area contributed by atoms with Crippen LogP contribution in [-0.4, -0.2) is 27.8 Å². The molecular formula is C14H22F2N4O. The van der Waals surface area contributed by atoms with Crippen molar-refractivity contribution in [2.75, 3.05) is 0 Å². The highest BCUT2D eigenvalue weighted by molar-refractivity contribution is 5.79. The molecule has 1 saturated carbocycles. The number of carbonyl (C=O) groups excluding carboxylic acids is 1. The van der Waals surface area contributed by atoms with E-state index in [4.69, 9.17) is 5.73 Å². The van der Waals surface area contributed by atoms with Gasteiger partial charge in [0.25, 0.3) is 0 Å². The van der Waals surface area contributed by atoms with Crippen LogP contribution in [0.25, 0.3) is 0 Å². The van der Waals surface area contributed by atoms with Gasteiger partial charge in [-0.15, -0.1) is 0 Å². The molecule has 118 valence electrons. The fraction of sp³-hybridized carbons (Fsp3) is 0.714. The van der Waals surface area contributed by atoms with Crippen molar-refractivity contribution in [2.24, 2.45) is 5.73 Å². The highest BCUT2D eigenvalue weighted by Crippen LogP contribution is 2.20. The monoisotopic (exact) mass is 300 g/mol. The summed E-state index contributed by atoms with van der Waals surface area (Å²) in [6.45, 7) is 0.531. The maximum absolute atomic E-state index is 12.8. The van der Waals surface area contributed by atoms with Gasteiger partial charge in [-0.25, -0.2) is 4.68 Å². The van der Waals surface area contributed by atoms with E-state index >= 15 is 0 Å². The van der Waals surface area contributed by atoms with E-state index < -0.39 is 6.55 Å². The normalized spacial score (nSPS) is 22.6. The lowest BCUT2D eigenvalue weighted by Gasteiger charge is -2.26. The predicted octanol–water partition coefficient (Wildman–Crippen LogP) is 1.82. The SMILES string of the molecule is Cc1nn(C(F)F)c(C)c1CC(=O)NC1CCC(N)CC1. The number of aromatic nitrogens is 2. The van der Waals surface area contributed by atoms with Gasteiger partial charge < -0.3 is 11.1 Å². The van der Waals surface area contributed by atoms with Crippen molar-refractivity contribution in [3.8, 4) is 0 Å². The molecule has 1 fully saturated rings. The van der Waals surface area contributed by atoms with Gasteiger partial charge in [-0.1, -0.05) is 0 Å². The Hall–Kier alpha value is -1.50. The molecule has 2 rings (SSSR count). The third-order valence-corrected chi connectivity index (χ3v) is 4.13. The molecule has 0 aliphatic heterocycles. The number of nitrogens with two attached hydrogens (primary N) is 1. The second kappa shape index (κ2) is 6.51. The summed E-state index contributed by atoms with van der Waals surface area (Å²) in [4.78, 5) is 12.1. The zero-order chi connectivity index (χ0) is 15.6. The van der Waals surface area contributed by atoms with Crippen LogP contribution >= 0.6 is 0 Å². The second-order valence-electron chi connectivity index (χ2n) is 5.73. The molecule has 0 radical (unpaired) electrons. The first-order valence-corrected chi connectivity index (χ1v) is 7.26. The lowest BCUT2D eigenvalue weighted by Crippen LogP contribution is -2.41. The Balaban J connectivity index is 1.97. The molecule has 21 heavy (non-hydrogen) atoms. The standard InChI is InChI=1S/C14H22F2N4O/c1-8-12(9(2)20(19-8)14(15)16)7-13(21)18-11-5-3-10(17)4-6-11/h10-11,14H,3-7,17H2,1-2H3,(H,18,21). The molecule has 1 aliphatic rings. The van der Waals surface area contributed by atoms with E-state index in [0.717, 1.165) is 25.7 Å². The quantitative estimate of drug-likeness (QED) is 0.891. The van der Waals surface area contributed by atoms with Gasteiger partial charge in [0.2, 0.25) is 5.91 Å². The minimum absolute atomic E-state index is 0.0902. The summed E-state index contributed by atoms with van der Waals surface area (Å²) in [7, 11) is 0. The largest absolute Gasteiger partial charge is 0.353 e. The summed E-state index contributed by atoms with van der Waals surface area (Å²) < 4.78 is 26.2. The summed E-state index contributed by atoms with van der Waals surface area (Å²) in [5, 5.41) is 6.75. The predicted molar refractivity (Wildman–Crippen MR) is 75.0 cm³/mol. The number of halogens is 2. The molecular weight excluding hydrogens is 278 g/mol. The van der Waals surface area contributed by atoms with E-state index in [1.165, 1.54) is 0 Å². The maximum atomic E-state index is 12.8. The molecule has 0 unspecified atom stereocenters. The Morgan fingerprint density at radius 2 is 2.00 bits per heavy atom. The molecule has 1 aromatic heterocycles. The Kier molecular flexibility index (Phi) is 4.92. The fourth-order valence-electron chi connectivity index (χ4n) is 2.85. The molecule has 0 aromatic carbocycles. The highest BCUT2D eigenvalue weighted by Gasteiger charge is 2.22. The van der Waals surface area contributed by atoms with E-state index in [1.54, 1.807) is 13.8 Å². The Labute approximate surface area is 122 Å². The number of hydrogen-bond donors (Lipinski definition) is 2. The van der Waals surface area contributed by atoms with Gasteiger partial charge in [-0.2, -0.15) is 13.9 Å². The fourth-order valence-corrected chi connectivity index (χ4v) is 2.85. The number of nitrogens with one attached hydrogen (secondary N) is 1. The zero-order valence-electron chi connectivity index (χ0n) is 12.4. The van der Waals surface area contributed by atoms with Crippen molar-refractivity contribution in [2.45, 2.75) is 64.6 Å². The molecule has 1 heterocycles. The smallest absolute Gasteiger partial charge is 0.333 e. The van der Waals surface area contributed by atoms with Crippen LogP contribution in [-0.2, 0) is 11.2 Å². The summed E-state index contributed by atoms with van der Waals surface area (Å²) in [6.07, 6.45) is 3.66. The first-order chi connectivity index (χ1) is 9.88. The van der Waals surface area contributed by atoms with Gasteiger partial charge in [0.05, 0.1) is 12.1 Å². The molecule has 0 saturated heterocycles. The summed E-state index contributed by atoms with van der Waals surface area (Å²) in [5.41, 5.74) is 7.24. The zero-order valence-corrected chi connectivity index (χ0v) is 12.4. The van der Waals surface area contributed by atoms with Crippen molar-refractivity contribution < 1.29 is 13.6 Å². The molecule has 5 nitrogen and oxygen atoms in total. The van der Waals surface area contributed by atoms with Crippen molar-refractivity contribution in [1.82, 2.24) is 15.1 Å². The van der Waals surface area contributed by atoms with Crippen LogP contribution in [0, 0.1) is 13.8 Å². The summed E-state index contributed by atoms with van der Waals surface area (Å²) in [6, 6.07) is 0.370. The van der Waals surface area contributed by atoms with E-state index in [-0.39, 0.29) is 24.4 Å². The van der Waals surface area contributed by atoms with Crippen LogP contribution in [0.4, 0.5) is 8.78 Å². The van der Waals surface area contributed by atoms with Crippen LogP contribution < -0.4 is 11.1 Å². The van der Waals surface area contributed by atoms with E-state index in [9.17, 15) is 13.6 Å². The average molecular weight is 300 g/mol. The average Bonchev–Trinajstić information content (AvgIpc) is 2.69. The Morgan fingerprint density at radius 3 is 2.52 bits per heavy atom. The number of aryl methyl sites for hydroxylation is 1. The molecule has 7 heteroatoms. The van der Waals surface area contributed by atoms with Crippen LogP contribution in [0.3, 0.4) is 0 Å². The first-order valence-electron chi connectivity index (χ1n) is 7.26. The number of hydrogen-bond acceptors (Lipinski definition) is 3. The van der Waals surface area contributed by atoms with E-state index in [1.807, 2.05) is 0 Å². The van der Waals surface area contributed by atoms with Crippen molar-refractivity contribution in [1.29, 1.82) is 0 Å². The minimum Gasteiger partial charge on any atom is -0.353 e. The minimum atomic E-state index is -2.68. The lowest BCUT2D eigenvalue weighted by atomic mass is 9.91. The summed E-state index contributed by atoms with van der Waals surface area (Å²) in [5.74, 6) is -0.143. The Morgan fingerprint density at radius 1 is 1.38 bits per heavy atom. The third-order valence-electron chi connectivity index (χ3n) is 4.13. The molecule has 1 aromatic rings. The van der Waals surface area contributed by atoms with Crippen molar-refractivity contribution in [3.63, 3.8) is 0 Å². The van der Waals surface area contributed by atoms with Gasteiger partial charge in [0.1, 0.15) is 0 Å². The van der Waals surface area contributed by atoms with Gasteiger partial charge in [0, 0.05) is 23.3 Å². The second-order valence-corrected chi connectivity index (χ2v) is 5.73. The number of carbonyl (C=O) groups is 1. The molecule has 0 bridgehead atoms. The molecule has 0 atom stereocenters. The number of nitrogens with zero attached hydrogens (tertiary/aromatic N) is 2. The lowest BCUT2D eigenvalue weighted by molar-refractivity contribution is -0.121. The first kappa shape index (κ1) is 15.9. The molecule has 0 spiro atoms. The van der Waals surface area contributed by atoms with Crippen LogP contribution in [0.5, 0.6) is 0 Å². The van der Waals surface area contributed by atoms with Gasteiger partial charge in [-0.05, 0) is 39.5 Å². The van der Waals surface area contributed by atoms with Crippen LogP contribution in [0.1, 0.15) is 49.2 Å². The van der Waals surface area contributed by atoms with Gasteiger partial charge >= 0.3 is 6.55 Å². The van der Waals surface area contributed by atoms with E-state index in [2.05, 4.69) is 10.4 Å². The molecule has 1 aliphatic carbocycles. The van der Waals surface area contributed by atoms with Crippen LogP contribution in [0.15, 0.2) is 0 Å². The topological polar surface area (TPSA) is 72.9 Å². The maximum Gasteiger partial charge on any atom is 0.333 e. The number of alkyl halides is 2. The van der Waals surface area contributed by atoms with Crippen molar-refractivity contribution >= 4 is 5.91 Å². The molecule has 1 amide bonds. The van der Waals surface area contributed by atoms with Crippen LogP contribution in [0.2, 0.25) is 0 Å².